The van der Waals surface area contributed by atoms with Gasteiger partial charge in [-0.1, -0.05) is 0 Å². The van der Waals surface area contributed by atoms with Gasteiger partial charge in [0.25, 0.3) is 10.1 Å². The highest BCUT2D eigenvalue weighted by Crippen LogP contribution is 2.42. The molecule has 3 aromatic rings. The number of ether oxygens (including phenoxy) is 1. The number of aromatic hydroxyl groups is 1. The van der Waals surface area contributed by atoms with E-state index in [9.17, 15) is 22.9 Å². The Morgan fingerprint density at radius 3 is 2.40 bits per heavy atom. The number of amides is 1. The van der Waals surface area contributed by atoms with Crippen LogP contribution in [0.4, 0.5) is 17.1 Å². The van der Waals surface area contributed by atoms with Crippen LogP contribution in [-0.2, 0) is 14.9 Å². The number of rotatable bonds is 6. The Morgan fingerprint density at radius 2 is 1.77 bits per heavy atom. The zero-order chi connectivity index (χ0) is 22.1. The van der Waals surface area contributed by atoms with Crippen molar-refractivity contribution in [2.75, 3.05) is 12.4 Å². The SMILES string of the molecule is COc1cc(C)c(C)cc1N=Nc1c(S(=O)(=O)O)cc2cc(NC=O)ccc2c1O. The van der Waals surface area contributed by atoms with Crippen LogP contribution in [0.15, 0.2) is 51.5 Å². The Labute approximate surface area is 172 Å². The number of phenols is 1. The summed E-state index contributed by atoms with van der Waals surface area (Å²) in [5, 5.41) is 21.6. The fourth-order valence-corrected chi connectivity index (χ4v) is 3.58. The second-order valence-electron chi connectivity index (χ2n) is 6.55. The molecule has 0 heterocycles. The average molecular weight is 429 g/mol. The lowest BCUT2D eigenvalue weighted by Gasteiger charge is -2.11. The maximum absolute atomic E-state index is 11.9. The van der Waals surface area contributed by atoms with Gasteiger partial charge in [0, 0.05) is 11.1 Å². The van der Waals surface area contributed by atoms with E-state index in [0.717, 1.165) is 17.2 Å². The topological polar surface area (TPSA) is 138 Å². The summed E-state index contributed by atoms with van der Waals surface area (Å²) in [6.07, 6.45) is 0.463. The molecule has 0 saturated carbocycles. The van der Waals surface area contributed by atoms with E-state index in [0.29, 0.717) is 23.5 Å². The molecule has 0 aromatic heterocycles. The van der Waals surface area contributed by atoms with E-state index in [1.54, 1.807) is 12.1 Å². The highest BCUT2D eigenvalue weighted by molar-refractivity contribution is 7.86. The summed E-state index contributed by atoms with van der Waals surface area (Å²) in [6, 6.07) is 9.07. The number of aryl methyl sites for hydroxylation is 2. The number of azo groups is 1. The van der Waals surface area contributed by atoms with Crippen molar-refractivity contribution in [2.45, 2.75) is 18.7 Å². The molecule has 0 saturated heterocycles. The maximum atomic E-state index is 11.9. The molecule has 0 aliphatic carbocycles. The van der Waals surface area contributed by atoms with Crippen LogP contribution in [0.5, 0.6) is 11.5 Å². The van der Waals surface area contributed by atoms with Gasteiger partial charge in [0.1, 0.15) is 22.0 Å². The fraction of sp³-hybridized carbons (Fsp3) is 0.150. The lowest BCUT2D eigenvalue weighted by Crippen LogP contribution is -1.99. The predicted octanol–water partition coefficient (Wildman–Crippen LogP) is 4.40. The molecule has 0 bridgehead atoms. The zero-order valence-corrected chi connectivity index (χ0v) is 17.2. The lowest BCUT2D eigenvalue weighted by atomic mass is 10.1. The Morgan fingerprint density at radius 1 is 1.07 bits per heavy atom. The molecule has 0 unspecified atom stereocenters. The number of carbonyl (C=O) groups excluding carboxylic acids is 1. The van der Waals surface area contributed by atoms with Gasteiger partial charge in [0.05, 0.1) is 7.11 Å². The van der Waals surface area contributed by atoms with Crippen molar-refractivity contribution in [2.24, 2.45) is 10.2 Å². The van der Waals surface area contributed by atoms with Gasteiger partial charge < -0.3 is 15.2 Å². The quantitative estimate of drug-likeness (QED) is 0.302. The Balaban J connectivity index is 2.23. The van der Waals surface area contributed by atoms with Gasteiger partial charge >= 0.3 is 0 Å². The molecular weight excluding hydrogens is 410 g/mol. The van der Waals surface area contributed by atoms with Crippen LogP contribution in [-0.4, -0.2) is 31.6 Å². The maximum Gasteiger partial charge on any atom is 0.296 e. The normalized spacial score (nSPS) is 11.7. The first kappa shape index (κ1) is 21.2. The van der Waals surface area contributed by atoms with Crippen molar-refractivity contribution < 1.29 is 27.6 Å². The summed E-state index contributed by atoms with van der Waals surface area (Å²) in [6.45, 7) is 3.77. The van der Waals surface area contributed by atoms with Crippen LogP contribution in [0.25, 0.3) is 10.8 Å². The molecular formula is C20H19N3O6S. The minimum Gasteiger partial charge on any atom is -0.505 e. The van der Waals surface area contributed by atoms with E-state index in [1.807, 2.05) is 13.8 Å². The summed E-state index contributed by atoms with van der Waals surface area (Å²) in [5.74, 6) is -0.0653. The van der Waals surface area contributed by atoms with Crippen molar-refractivity contribution in [1.29, 1.82) is 0 Å². The van der Waals surface area contributed by atoms with Gasteiger partial charge in [-0.05, 0) is 66.8 Å². The van der Waals surface area contributed by atoms with Crippen LogP contribution in [0.1, 0.15) is 11.1 Å². The third kappa shape index (κ3) is 4.09. The van der Waals surface area contributed by atoms with Crippen molar-refractivity contribution in [3.63, 3.8) is 0 Å². The molecule has 0 fully saturated rings. The number of nitrogens with one attached hydrogen (secondary N) is 1. The van der Waals surface area contributed by atoms with Gasteiger partial charge in [0.2, 0.25) is 6.41 Å². The standard InChI is InChI=1S/C20H19N3O6S/c1-11-6-16(17(29-3)7-12(11)2)22-23-19-18(30(26,27)28)9-13-8-14(21-10-24)4-5-15(13)20(19)25/h4-10,25H,1-3H3,(H,21,24)(H,26,27,28). The van der Waals surface area contributed by atoms with Crippen LogP contribution in [0.2, 0.25) is 0 Å². The van der Waals surface area contributed by atoms with Crippen LogP contribution in [0.3, 0.4) is 0 Å². The van der Waals surface area contributed by atoms with Crippen molar-refractivity contribution >= 4 is 44.4 Å². The Bertz CT molecular complexity index is 1290. The first-order chi connectivity index (χ1) is 14.2. The number of hydrogen-bond donors (Lipinski definition) is 3. The summed E-state index contributed by atoms with van der Waals surface area (Å²) in [4.78, 5) is 10.0. The number of phenolic OH excluding ortho intramolecular Hbond substituents is 1. The molecule has 156 valence electrons. The van der Waals surface area contributed by atoms with Gasteiger partial charge in [-0.2, -0.15) is 8.42 Å². The Kier molecular flexibility index (Phi) is 5.72. The number of methoxy groups -OCH3 is 1. The van der Waals surface area contributed by atoms with Crippen molar-refractivity contribution in [1.82, 2.24) is 0 Å². The first-order valence-corrected chi connectivity index (χ1v) is 10.1. The molecule has 3 N–H and O–H groups in total. The van der Waals surface area contributed by atoms with Gasteiger partial charge in [-0.3, -0.25) is 9.35 Å². The third-order valence-corrected chi connectivity index (χ3v) is 5.47. The molecule has 9 nitrogen and oxygen atoms in total. The number of hydrogen-bond acceptors (Lipinski definition) is 7. The van der Waals surface area contributed by atoms with E-state index < -0.39 is 26.5 Å². The molecule has 10 heteroatoms. The van der Waals surface area contributed by atoms with Crippen molar-refractivity contribution in [3.8, 4) is 11.5 Å². The lowest BCUT2D eigenvalue weighted by molar-refractivity contribution is -0.105. The molecule has 3 aromatic carbocycles. The second-order valence-corrected chi connectivity index (χ2v) is 7.94. The van der Waals surface area contributed by atoms with Gasteiger partial charge in [-0.15, -0.1) is 10.2 Å². The summed E-state index contributed by atoms with van der Waals surface area (Å²) in [5.41, 5.74) is 2.18. The highest BCUT2D eigenvalue weighted by atomic mass is 32.2. The average Bonchev–Trinajstić information content (AvgIpc) is 2.68. The van der Waals surface area contributed by atoms with E-state index in [4.69, 9.17) is 4.74 Å². The predicted molar refractivity (Wildman–Crippen MR) is 112 cm³/mol. The van der Waals surface area contributed by atoms with Crippen LogP contribution >= 0.6 is 0 Å². The van der Waals surface area contributed by atoms with E-state index in [1.165, 1.54) is 25.3 Å². The minimum atomic E-state index is -4.74. The largest absolute Gasteiger partial charge is 0.505 e. The number of fused-ring (bicyclic) bond motifs is 1. The summed E-state index contributed by atoms with van der Waals surface area (Å²) < 4.78 is 38.8. The van der Waals surface area contributed by atoms with Gasteiger partial charge in [-0.25, -0.2) is 0 Å². The molecule has 0 atom stereocenters. The molecule has 3 rings (SSSR count). The molecule has 0 aliphatic rings. The monoisotopic (exact) mass is 429 g/mol. The number of nitrogens with zero attached hydrogens (tertiary/aromatic N) is 2. The number of anilines is 1. The summed E-state index contributed by atoms with van der Waals surface area (Å²) >= 11 is 0. The summed E-state index contributed by atoms with van der Waals surface area (Å²) in [7, 11) is -3.28. The molecule has 0 radical (unpaired) electrons. The smallest absolute Gasteiger partial charge is 0.296 e. The molecule has 30 heavy (non-hydrogen) atoms. The van der Waals surface area contributed by atoms with E-state index in [-0.39, 0.29) is 10.8 Å². The Hall–Kier alpha value is -3.50. The molecule has 1 amide bonds. The number of benzene rings is 3. The van der Waals surface area contributed by atoms with E-state index in [2.05, 4.69) is 15.5 Å². The van der Waals surface area contributed by atoms with Crippen LogP contribution in [0, 0.1) is 13.8 Å². The fourth-order valence-electron chi connectivity index (χ4n) is 2.92. The zero-order valence-electron chi connectivity index (χ0n) is 16.4. The van der Waals surface area contributed by atoms with Crippen LogP contribution < -0.4 is 10.1 Å². The third-order valence-electron chi connectivity index (χ3n) is 4.61. The second kappa shape index (κ2) is 8.09. The highest BCUT2D eigenvalue weighted by Gasteiger charge is 2.22. The first-order valence-electron chi connectivity index (χ1n) is 8.70. The van der Waals surface area contributed by atoms with Crippen molar-refractivity contribution in [3.05, 3.63) is 47.5 Å². The number of carbonyl (C=O) groups is 1. The molecule has 0 aliphatic heterocycles. The molecule has 0 spiro atoms. The van der Waals surface area contributed by atoms with Gasteiger partial charge in [0.15, 0.2) is 5.75 Å². The van der Waals surface area contributed by atoms with E-state index >= 15 is 0 Å². The minimum absolute atomic E-state index is 0.264.